The zero-order valence-electron chi connectivity index (χ0n) is 9.50. The lowest BCUT2D eigenvalue weighted by molar-refractivity contribution is -0.131. The van der Waals surface area contributed by atoms with Crippen molar-refractivity contribution >= 4 is 5.91 Å². The zero-order valence-corrected chi connectivity index (χ0v) is 9.50. The van der Waals surface area contributed by atoms with Crippen molar-refractivity contribution in [2.75, 3.05) is 6.61 Å². The Labute approximate surface area is 91.6 Å². The molecule has 0 aromatic carbocycles. The van der Waals surface area contributed by atoms with Crippen LogP contribution in [0.2, 0.25) is 0 Å². The van der Waals surface area contributed by atoms with Gasteiger partial charge in [-0.2, -0.15) is 0 Å². The fourth-order valence-corrected chi connectivity index (χ4v) is 2.59. The summed E-state index contributed by atoms with van der Waals surface area (Å²) in [6, 6.07) is 0.385. The third-order valence-electron chi connectivity index (χ3n) is 3.66. The monoisotopic (exact) mass is 211 g/mol. The Morgan fingerprint density at radius 3 is 2.67 bits per heavy atom. The summed E-state index contributed by atoms with van der Waals surface area (Å²) >= 11 is 0. The van der Waals surface area contributed by atoms with Crippen molar-refractivity contribution < 1.29 is 9.53 Å². The van der Waals surface area contributed by atoms with Gasteiger partial charge in [-0.3, -0.25) is 4.79 Å². The molecule has 0 aromatic heterocycles. The highest BCUT2D eigenvalue weighted by atomic mass is 16.5. The number of ether oxygens (including phenoxy) is 1. The van der Waals surface area contributed by atoms with Crippen LogP contribution in [0.4, 0.5) is 0 Å². The first-order valence-electron chi connectivity index (χ1n) is 6.19. The molecule has 1 saturated carbocycles. The van der Waals surface area contributed by atoms with Crippen molar-refractivity contribution in [1.29, 1.82) is 0 Å². The van der Waals surface area contributed by atoms with Gasteiger partial charge in [0.25, 0.3) is 0 Å². The topological polar surface area (TPSA) is 38.3 Å². The van der Waals surface area contributed by atoms with Gasteiger partial charge in [0.05, 0.1) is 0 Å². The smallest absolute Gasteiger partial charge is 0.249 e. The van der Waals surface area contributed by atoms with Gasteiger partial charge in [-0.05, 0) is 31.6 Å². The Morgan fingerprint density at radius 1 is 1.20 bits per heavy atom. The molecule has 0 bridgehead atoms. The molecule has 1 aliphatic carbocycles. The Kier molecular flexibility index (Phi) is 3.62. The van der Waals surface area contributed by atoms with E-state index in [1.807, 2.05) is 0 Å². The number of hydrogen-bond donors (Lipinski definition) is 1. The number of hydrogen-bond acceptors (Lipinski definition) is 2. The lowest BCUT2D eigenvalue weighted by Crippen LogP contribution is -2.45. The summed E-state index contributed by atoms with van der Waals surface area (Å²) in [7, 11) is 0. The van der Waals surface area contributed by atoms with Gasteiger partial charge in [-0.15, -0.1) is 0 Å². The van der Waals surface area contributed by atoms with Crippen molar-refractivity contribution in [1.82, 2.24) is 5.32 Å². The molecule has 0 unspecified atom stereocenters. The van der Waals surface area contributed by atoms with E-state index in [4.69, 9.17) is 4.74 Å². The van der Waals surface area contributed by atoms with E-state index in [1.54, 1.807) is 0 Å². The number of rotatable bonds is 2. The summed E-state index contributed by atoms with van der Waals surface area (Å²) in [6.07, 6.45) is 6.70. The summed E-state index contributed by atoms with van der Waals surface area (Å²) in [5.41, 5.74) is 0. The van der Waals surface area contributed by atoms with Gasteiger partial charge >= 0.3 is 0 Å². The van der Waals surface area contributed by atoms with E-state index >= 15 is 0 Å². The largest absolute Gasteiger partial charge is 0.368 e. The minimum absolute atomic E-state index is 0.117. The van der Waals surface area contributed by atoms with Crippen molar-refractivity contribution in [3.8, 4) is 0 Å². The first kappa shape index (κ1) is 10.9. The molecule has 15 heavy (non-hydrogen) atoms. The molecule has 0 spiro atoms. The van der Waals surface area contributed by atoms with Crippen molar-refractivity contribution in [3.05, 3.63) is 0 Å². The molecule has 1 amide bonds. The molecule has 3 atom stereocenters. The van der Waals surface area contributed by atoms with E-state index in [9.17, 15) is 4.79 Å². The molecule has 1 saturated heterocycles. The van der Waals surface area contributed by atoms with Gasteiger partial charge in [0.2, 0.25) is 5.91 Å². The van der Waals surface area contributed by atoms with E-state index in [2.05, 4.69) is 12.2 Å². The van der Waals surface area contributed by atoms with Crippen LogP contribution in [0.3, 0.4) is 0 Å². The van der Waals surface area contributed by atoms with Gasteiger partial charge in [-0.1, -0.05) is 19.8 Å². The van der Waals surface area contributed by atoms with E-state index in [0.29, 0.717) is 12.0 Å². The van der Waals surface area contributed by atoms with E-state index in [-0.39, 0.29) is 12.0 Å². The average molecular weight is 211 g/mol. The Balaban J connectivity index is 1.81. The highest BCUT2D eigenvalue weighted by molar-refractivity contribution is 5.81. The van der Waals surface area contributed by atoms with Crippen LogP contribution in [0.25, 0.3) is 0 Å². The van der Waals surface area contributed by atoms with Crippen LogP contribution in [0.1, 0.15) is 45.4 Å². The maximum atomic E-state index is 11.8. The lowest BCUT2D eigenvalue weighted by atomic mass is 9.86. The second-order valence-electron chi connectivity index (χ2n) is 4.88. The molecule has 1 heterocycles. The van der Waals surface area contributed by atoms with E-state index in [1.165, 1.54) is 19.3 Å². The number of carbonyl (C=O) groups is 1. The van der Waals surface area contributed by atoms with Crippen molar-refractivity contribution in [2.24, 2.45) is 5.92 Å². The molecule has 3 heteroatoms. The fourth-order valence-electron chi connectivity index (χ4n) is 2.59. The predicted octanol–water partition coefficient (Wildman–Crippen LogP) is 1.86. The van der Waals surface area contributed by atoms with Crippen molar-refractivity contribution in [3.63, 3.8) is 0 Å². The molecule has 0 aromatic rings. The predicted molar refractivity (Wildman–Crippen MR) is 58.5 cm³/mol. The van der Waals surface area contributed by atoms with Crippen LogP contribution in [-0.4, -0.2) is 24.7 Å². The molecule has 2 fully saturated rings. The minimum atomic E-state index is -0.167. The first-order valence-corrected chi connectivity index (χ1v) is 6.19. The Bertz CT molecular complexity index is 224. The van der Waals surface area contributed by atoms with Crippen LogP contribution in [0, 0.1) is 5.92 Å². The normalized spacial score (nSPS) is 36.5. The summed E-state index contributed by atoms with van der Waals surface area (Å²) in [4.78, 5) is 11.8. The fraction of sp³-hybridized carbons (Fsp3) is 0.917. The lowest BCUT2D eigenvalue weighted by Gasteiger charge is -2.30. The van der Waals surface area contributed by atoms with Gasteiger partial charge in [-0.25, -0.2) is 0 Å². The van der Waals surface area contributed by atoms with Crippen LogP contribution in [-0.2, 0) is 9.53 Å². The summed E-state index contributed by atoms with van der Waals surface area (Å²) in [5.74, 6) is 0.746. The first-order chi connectivity index (χ1) is 7.27. The summed E-state index contributed by atoms with van der Waals surface area (Å²) in [5, 5.41) is 3.15. The molecular weight excluding hydrogens is 190 g/mol. The molecule has 2 rings (SSSR count). The van der Waals surface area contributed by atoms with Crippen LogP contribution in [0.15, 0.2) is 0 Å². The van der Waals surface area contributed by atoms with Crippen LogP contribution in [0.5, 0.6) is 0 Å². The third kappa shape index (κ3) is 2.71. The molecule has 3 nitrogen and oxygen atoms in total. The SMILES string of the molecule is C[C@@H]1CCCC[C@H]1NC(=O)[C@H]1CCCO1. The van der Waals surface area contributed by atoms with Gasteiger partial charge < -0.3 is 10.1 Å². The maximum absolute atomic E-state index is 11.8. The standard InChI is InChI=1S/C12H21NO2/c1-9-5-2-3-6-10(9)13-12(14)11-7-4-8-15-11/h9-11H,2-8H2,1H3,(H,13,14)/t9-,10-,11-/m1/s1. The molecule has 1 aliphatic heterocycles. The summed E-state index contributed by atoms with van der Waals surface area (Å²) in [6.45, 7) is 2.98. The second-order valence-corrected chi connectivity index (χ2v) is 4.88. The number of amides is 1. The average Bonchev–Trinajstić information content (AvgIpc) is 2.74. The third-order valence-corrected chi connectivity index (χ3v) is 3.66. The minimum Gasteiger partial charge on any atom is -0.368 e. The molecule has 1 N–H and O–H groups in total. The quantitative estimate of drug-likeness (QED) is 0.757. The van der Waals surface area contributed by atoms with Crippen LogP contribution >= 0.6 is 0 Å². The Hall–Kier alpha value is -0.570. The Morgan fingerprint density at radius 2 is 2.00 bits per heavy atom. The van der Waals surface area contributed by atoms with E-state index < -0.39 is 0 Å². The highest BCUT2D eigenvalue weighted by Gasteiger charge is 2.28. The van der Waals surface area contributed by atoms with Crippen LogP contribution < -0.4 is 5.32 Å². The number of carbonyl (C=O) groups excluding carboxylic acids is 1. The molecular formula is C12H21NO2. The molecule has 0 radical (unpaired) electrons. The maximum Gasteiger partial charge on any atom is 0.249 e. The second kappa shape index (κ2) is 4.97. The van der Waals surface area contributed by atoms with E-state index in [0.717, 1.165) is 25.9 Å². The van der Waals surface area contributed by atoms with Gasteiger partial charge in [0.15, 0.2) is 0 Å². The highest BCUT2D eigenvalue weighted by Crippen LogP contribution is 2.24. The summed E-state index contributed by atoms with van der Waals surface area (Å²) < 4.78 is 5.38. The molecule has 86 valence electrons. The van der Waals surface area contributed by atoms with Gasteiger partial charge in [0.1, 0.15) is 6.10 Å². The van der Waals surface area contributed by atoms with Gasteiger partial charge in [0, 0.05) is 12.6 Å². The zero-order chi connectivity index (χ0) is 10.7. The van der Waals surface area contributed by atoms with Crippen molar-refractivity contribution in [2.45, 2.75) is 57.6 Å². The molecule has 2 aliphatic rings. The number of nitrogens with one attached hydrogen (secondary N) is 1.